The number of unbranched alkanes of at least 4 members (excludes halogenated alkanes) is 2. The van der Waals surface area contributed by atoms with E-state index < -0.39 is 0 Å². The summed E-state index contributed by atoms with van der Waals surface area (Å²) in [6, 6.07) is 19.9. The summed E-state index contributed by atoms with van der Waals surface area (Å²) in [4.78, 5) is 0. The van der Waals surface area contributed by atoms with E-state index in [1.54, 1.807) is 0 Å². The van der Waals surface area contributed by atoms with Crippen LogP contribution < -0.4 is 5.73 Å². The van der Waals surface area contributed by atoms with Gasteiger partial charge in [0.25, 0.3) is 0 Å². The van der Waals surface area contributed by atoms with E-state index >= 15 is 0 Å². The quantitative estimate of drug-likeness (QED) is 0.671. The summed E-state index contributed by atoms with van der Waals surface area (Å²) in [5.74, 6) is 0. The molecule has 0 saturated heterocycles. The Morgan fingerprint density at radius 2 is 0.952 bits per heavy atom. The molecule has 0 aliphatic rings. The van der Waals surface area contributed by atoms with Crippen molar-refractivity contribution >= 4 is 0 Å². The predicted molar refractivity (Wildman–Crippen MR) is 91.5 cm³/mol. The van der Waals surface area contributed by atoms with Gasteiger partial charge in [0.05, 0.1) is 0 Å². The van der Waals surface area contributed by atoms with Crippen molar-refractivity contribution in [2.75, 3.05) is 6.54 Å². The molecule has 2 aromatic rings. The Labute approximate surface area is 129 Å². The van der Waals surface area contributed by atoms with Gasteiger partial charge in [0, 0.05) is 0 Å². The minimum absolute atomic E-state index is 0.805. The molecule has 0 heterocycles. The van der Waals surface area contributed by atoms with Crippen LogP contribution in [0.3, 0.4) is 0 Å². The molecule has 2 rings (SSSR count). The first-order valence-corrected chi connectivity index (χ1v) is 8.20. The maximum Gasteiger partial charge on any atom is -0.00772 e. The summed E-state index contributed by atoms with van der Waals surface area (Å²) >= 11 is 0. The van der Waals surface area contributed by atoms with Crippen molar-refractivity contribution in [1.82, 2.24) is 0 Å². The first-order valence-electron chi connectivity index (χ1n) is 8.20. The molecular weight excluding hydrogens is 254 g/mol. The lowest BCUT2D eigenvalue weighted by molar-refractivity contribution is 0.731. The Morgan fingerprint density at radius 3 is 1.43 bits per heavy atom. The van der Waals surface area contributed by atoms with Gasteiger partial charge in [-0.15, -0.1) is 0 Å². The second-order valence-electron chi connectivity index (χ2n) is 5.75. The molecule has 2 aromatic carbocycles. The predicted octanol–water partition coefficient (Wildman–Crippen LogP) is 4.53. The Hall–Kier alpha value is -1.60. The van der Waals surface area contributed by atoms with E-state index in [2.05, 4.69) is 54.6 Å². The van der Waals surface area contributed by atoms with Crippen molar-refractivity contribution in [2.45, 2.75) is 44.9 Å². The molecule has 1 nitrogen and oxygen atoms in total. The minimum atomic E-state index is 0.805. The molecular formula is C20H27N. The summed E-state index contributed by atoms with van der Waals surface area (Å²) in [6.45, 7) is 0.805. The lowest BCUT2D eigenvalue weighted by Crippen LogP contribution is -1.99. The third-order valence-electron chi connectivity index (χ3n) is 3.97. The van der Waals surface area contributed by atoms with Gasteiger partial charge in [0.2, 0.25) is 0 Å². The van der Waals surface area contributed by atoms with Crippen LogP contribution >= 0.6 is 0 Å². The van der Waals surface area contributed by atoms with Crippen LogP contribution in [0, 0.1) is 0 Å². The van der Waals surface area contributed by atoms with Gasteiger partial charge in [0.15, 0.2) is 0 Å². The van der Waals surface area contributed by atoms with Crippen LogP contribution in [0.15, 0.2) is 54.6 Å². The van der Waals surface area contributed by atoms with E-state index in [1.807, 2.05) is 0 Å². The average molecular weight is 281 g/mol. The highest BCUT2D eigenvalue weighted by Crippen LogP contribution is 2.12. The number of nitrogens with two attached hydrogens (primary N) is 1. The van der Waals surface area contributed by atoms with Crippen molar-refractivity contribution in [3.63, 3.8) is 0 Å². The Bertz CT molecular complexity index is 487. The van der Waals surface area contributed by atoms with E-state index in [1.165, 1.54) is 48.8 Å². The van der Waals surface area contributed by atoms with E-state index in [-0.39, 0.29) is 0 Å². The molecule has 1 heteroatoms. The fourth-order valence-electron chi connectivity index (χ4n) is 2.65. The third kappa shape index (κ3) is 6.14. The number of aryl methyl sites for hydroxylation is 3. The van der Waals surface area contributed by atoms with Crippen molar-refractivity contribution in [3.05, 3.63) is 71.3 Å². The lowest BCUT2D eigenvalue weighted by atomic mass is 10.0. The summed E-state index contributed by atoms with van der Waals surface area (Å²) in [6.07, 6.45) is 8.40. The number of benzene rings is 2. The van der Waals surface area contributed by atoms with E-state index in [0.717, 1.165) is 19.4 Å². The topological polar surface area (TPSA) is 26.0 Å². The molecule has 0 fully saturated rings. The summed E-state index contributed by atoms with van der Waals surface area (Å²) in [5, 5.41) is 0. The molecule has 0 aromatic heterocycles. The normalized spacial score (nSPS) is 10.7. The monoisotopic (exact) mass is 281 g/mol. The van der Waals surface area contributed by atoms with Crippen LogP contribution in [-0.2, 0) is 19.3 Å². The standard InChI is InChI=1S/C20H27N/c21-17-7-6-12-20-15-13-19(14-16-20)11-5-4-10-18-8-2-1-3-9-18/h1-3,8-9,13-16H,4-7,10-12,17,21H2. The van der Waals surface area contributed by atoms with Gasteiger partial charge in [-0.2, -0.15) is 0 Å². The molecule has 21 heavy (non-hydrogen) atoms. The highest BCUT2D eigenvalue weighted by atomic mass is 14.5. The van der Waals surface area contributed by atoms with E-state index in [0.29, 0.717) is 0 Å². The van der Waals surface area contributed by atoms with Crippen molar-refractivity contribution in [2.24, 2.45) is 5.73 Å². The number of rotatable bonds is 9. The second kappa shape index (κ2) is 9.36. The zero-order valence-electron chi connectivity index (χ0n) is 12.9. The number of hydrogen-bond acceptors (Lipinski definition) is 1. The lowest BCUT2D eigenvalue weighted by Gasteiger charge is -2.05. The highest BCUT2D eigenvalue weighted by Gasteiger charge is 1.97. The van der Waals surface area contributed by atoms with Crippen molar-refractivity contribution in [3.8, 4) is 0 Å². The maximum absolute atomic E-state index is 5.53. The first kappa shape index (κ1) is 15.8. The van der Waals surface area contributed by atoms with E-state index in [4.69, 9.17) is 5.73 Å². The highest BCUT2D eigenvalue weighted by molar-refractivity contribution is 5.22. The van der Waals surface area contributed by atoms with Gasteiger partial charge < -0.3 is 5.73 Å². The smallest absolute Gasteiger partial charge is 0.00772 e. The fraction of sp³-hybridized carbons (Fsp3) is 0.400. The second-order valence-corrected chi connectivity index (χ2v) is 5.75. The SMILES string of the molecule is NCCCCc1ccc(CCCCc2ccccc2)cc1. The molecule has 0 amide bonds. The zero-order chi connectivity index (χ0) is 14.8. The Balaban J connectivity index is 1.66. The number of hydrogen-bond donors (Lipinski definition) is 1. The van der Waals surface area contributed by atoms with Gasteiger partial charge in [-0.25, -0.2) is 0 Å². The molecule has 0 bridgehead atoms. The van der Waals surface area contributed by atoms with Gasteiger partial charge >= 0.3 is 0 Å². The molecule has 0 atom stereocenters. The summed E-state index contributed by atoms with van der Waals surface area (Å²) in [5.41, 5.74) is 9.88. The molecule has 0 spiro atoms. The Kier molecular flexibility index (Phi) is 7.03. The minimum Gasteiger partial charge on any atom is -0.330 e. The largest absolute Gasteiger partial charge is 0.330 e. The van der Waals surface area contributed by atoms with Gasteiger partial charge in [0.1, 0.15) is 0 Å². The van der Waals surface area contributed by atoms with Crippen LogP contribution in [-0.4, -0.2) is 6.54 Å². The first-order chi connectivity index (χ1) is 10.4. The van der Waals surface area contributed by atoms with Crippen molar-refractivity contribution in [1.29, 1.82) is 0 Å². The van der Waals surface area contributed by atoms with Crippen LogP contribution in [0.4, 0.5) is 0 Å². The van der Waals surface area contributed by atoms with Crippen LogP contribution in [0.2, 0.25) is 0 Å². The molecule has 0 saturated carbocycles. The molecule has 0 aliphatic carbocycles. The maximum atomic E-state index is 5.53. The molecule has 2 N–H and O–H groups in total. The molecule has 112 valence electrons. The summed E-state index contributed by atoms with van der Waals surface area (Å²) in [7, 11) is 0. The van der Waals surface area contributed by atoms with Crippen molar-refractivity contribution < 1.29 is 0 Å². The van der Waals surface area contributed by atoms with Gasteiger partial charge in [-0.05, 0) is 68.2 Å². The van der Waals surface area contributed by atoms with Gasteiger partial charge in [-0.1, -0.05) is 54.6 Å². The zero-order valence-corrected chi connectivity index (χ0v) is 12.9. The third-order valence-corrected chi connectivity index (χ3v) is 3.97. The molecule has 0 unspecified atom stereocenters. The summed E-state index contributed by atoms with van der Waals surface area (Å²) < 4.78 is 0. The van der Waals surface area contributed by atoms with Gasteiger partial charge in [-0.3, -0.25) is 0 Å². The van der Waals surface area contributed by atoms with Crippen LogP contribution in [0.25, 0.3) is 0 Å². The van der Waals surface area contributed by atoms with Crippen LogP contribution in [0.5, 0.6) is 0 Å². The van der Waals surface area contributed by atoms with E-state index in [9.17, 15) is 0 Å². The molecule has 0 radical (unpaired) electrons. The van der Waals surface area contributed by atoms with Crippen LogP contribution in [0.1, 0.15) is 42.4 Å². The fourth-order valence-corrected chi connectivity index (χ4v) is 2.65. The Morgan fingerprint density at radius 1 is 0.524 bits per heavy atom. The molecule has 0 aliphatic heterocycles. The average Bonchev–Trinajstić information content (AvgIpc) is 2.54.